The fourth-order valence-corrected chi connectivity index (χ4v) is 3.27. The lowest BCUT2D eigenvalue weighted by atomic mass is 10.00. The number of aliphatic hydroxyl groups excluding tert-OH is 1. The van der Waals surface area contributed by atoms with Gasteiger partial charge >= 0.3 is 0 Å². The molecule has 7 nitrogen and oxygen atoms in total. The highest BCUT2D eigenvalue weighted by Crippen LogP contribution is 2.39. The molecule has 4 rings (SSSR count). The summed E-state index contributed by atoms with van der Waals surface area (Å²) < 4.78 is 0. The molecule has 0 radical (unpaired) electrons. The number of benzene rings is 1. The Labute approximate surface area is 151 Å². The molecule has 2 atom stereocenters. The van der Waals surface area contributed by atoms with Crippen LogP contribution in [0.25, 0.3) is 0 Å². The van der Waals surface area contributed by atoms with Gasteiger partial charge in [-0.25, -0.2) is 0 Å². The maximum Gasteiger partial charge on any atom is 0.232 e. The molecule has 2 fully saturated rings. The van der Waals surface area contributed by atoms with E-state index in [1.807, 2.05) is 37.3 Å². The van der Waals surface area contributed by atoms with Crippen molar-refractivity contribution in [1.82, 2.24) is 10.2 Å². The first-order chi connectivity index (χ1) is 12.5. The largest absolute Gasteiger partial charge is 0.391 e. The second-order valence-corrected chi connectivity index (χ2v) is 7.15. The summed E-state index contributed by atoms with van der Waals surface area (Å²) in [5, 5.41) is 19.6. The Kier molecular flexibility index (Phi) is 4.24. The molecule has 2 heterocycles. The van der Waals surface area contributed by atoms with E-state index in [-0.39, 0.29) is 24.2 Å². The van der Waals surface area contributed by atoms with E-state index in [2.05, 4.69) is 15.5 Å². The van der Waals surface area contributed by atoms with Crippen molar-refractivity contribution in [2.24, 2.45) is 0 Å². The number of rotatable bonds is 5. The Morgan fingerprint density at radius 3 is 2.69 bits per heavy atom. The third kappa shape index (κ3) is 3.35. The van der Waals surface area contributed by atoms with Crippen LogP contribution in [-0.4, -0.2) is 39.8 Å². The number of hydrogen-bond acceptors (Lipinski definition) is 4. The summed E-state index contributed by atoms with van der Waals surface area (Å²) in [4.78, 5) is 25.9. The standard InChI is InChI=1S/C19H22N4O3/c1-11(19(26)20-17-9-16(21-22-17)13-2-3-13)12-4-6-14(7-5-12)23-10-15(24)8-18(23)25/h4-7,9,11,13,15,24H,2-3,8,10H2,1H3,(H2,20,21,22,26). The van der Waals surface area contributed by atoms with E-state index >= 15 is 0 Å². The minimum atomic E-state index is -0.610. The number of anilines is 2. The molecule has 1 aromatic heterocycles. The van der Waals surface area contributed by atoms with Crippen LogP contribution < -0.4 is 10.2 Å². The number of hydrogen-bond donors (Lipinski definition) is 3. The maximum absolute atomic E-state index is 12.5. The Bertz CT molecular complexity index is 826. The minimum absolute atomic E-state index is 0.0824. The molecule has 1 aliphatic heterocycles. The molecule has 1 aromatic carbocycles. The molecular formula is C19H22N4O3. The maximum atomic E-state index is 12.5. The fourth-order valence-electron chi connectivity index (χ4n) is 3.27. The Balaban J connectivity index is 1.41. The molecule has 0 bridgehead atoms. The average Bonchev–Trinajstić information content (AvgIpc) is 3.29. The predicted molar refractivity (Wildman–Crippen MR) is 97.0 cm³/mol. The number of H-pyrrole nitrogens is 1. The summed E-state index contributed by atoms with van der Waals surface area (Å²) in [6.07, 6.45) is 1.90. The zero-order valence-corrected chi connectivity index (χ0v) is 14.6. The van der Waals surface area contributed by atoms with Crippen LogP contribution >= 0.6 is 0 Å². The number of nitrogens with one attached hydrogen (secondary N) is 2. The molecule has 3 N–H and O–H groups in total. The van der Waals surface area contributed by atoms with E-state index in [4.69, 9.17) is 0 Å². The molecular weight excluding hydrogens is 332 g/mol. The van der Waals surface area contributed by atoms with Crippen molar-refractivity contribution in [1.29, 1.82) is 0 Å². The highest BCUT2D eigenvalue weighted by Gasteiger charge is 2.29. The molecule has 1 saturated heterocycles. The monoisotopic (exact) mass is 354 g/mol. The third-order valence-corrected chi connectivity index (χ3v) is 5.07. The minimum Gasteiger partial charge on any atom is -0.391 e. The van der Waals surface area contributed by atoms with E-state index in [0.29, 0.717) is 18.3 Å². The van der Waals surface area contributed by atoms with Crippen LogP contribution in [0.4, 0.5) is 11.5 Å². The summed E-state index contributed by atoms with van der Waals surface area (Å²) in [7, 11) is 0. The fraction of sp³-hybridized carbons (Fsp3) is 0.421. The predicted octanol–water partition coefficient (Wildman–Crippen LogP) is 2.13. The van der Waals surface area contributed by atoms with Crippen molar-refractivity contribution >= 4 is 23.3 Å². The molecule has 1 aliphatic carbocycles. The number of aliphatic hydroxyl groups is 1. The number of amides is 2. The SMILES string of the molecule is CC(C(=O)Nc1cc(C2CC2)[nH]n1)c1ccc(N2CC(O)CC2=O)cc1. The van der Waals surface area contributed by atoms with Gasteiger partial charge in [-0.2, -0.15) is 5.10 Å². The van der Waals surface area contributed by atoms with Crippen LogP contribution in [0.15, 0.2) is 30.3 Å². The smallest absolute Gasteiger partial charge is 0.232 e. The van der Waals surface area contributed by atoms with Gasteiger partial charge in [-0.1, -0.05) is 12.1 Å². The first kappa shape index (κ1) is 16.8. The second kappa shape index (κ2) is 6.57. The number of nitrogens with zero attached hydrogens (tertiary/aromatic N) is 2. The summed E-state index contributed by atoms with van der Waals surface area (Å²) in [5.74, 6) is 0.562. The van der Waals surface area contributed by atoms with Crippen molar-refractivity contribution in [3.05, 3.63) is 41.6 Å². The van der Waals surface area contributed by atoms with Gasteiger partial charge in [-0.3, -0.25) is 14.7 Å². The summed E-state index contributed by atoms with van der Waals surface area (Å²) >= 11 is 0. The lowest BCUT2D eigenvalue weighted by Gasteiger charge is -2.17. The van der Waals surface area contributed by atoms with Gasteiger partial charge in [0.25, 0.3) is 0 Å². The van der Waals surface area contributed by atoms with Crippen LogP contribution in [0.1, 0.15) is 49.3 Å². The highest BCUT2D eigenvalue weighted by atomic mass is 16.3. The van der Waals surface area contributed by atoms with E-state index in [1.54, 1.807) is 4.90 Å². The van der Waals surface area contributed by atoms with Crippen LogP contribution in [0, 0.1) is 0 Å². The van der Waals surface area contributed by atoms with Gasteiger partial charge in [0.1, 0.15) is 0 Å². The lowest BCUT2D eigenvalue weighted by molar-refractivity contribution is -0.118. The molecule has 2 aliphatic rings. The number of carbonyl (C=O) groups is 2. The molecule has 0 spiro atoms. The quantitative estimate of drug-likeness (QED) is 0.766. The van der Waals surface area contributed by atoms with Crippen LogP contribution in [0.5, 0.6) is 0 Å². The molecule has 7 heteroatoms. The van der Waals surface area contributed by atoms with Gasteiger partial charge in [0.05, 0.1) is 25.0 Å². The van der Waals surface area contributed by atoms with Gasteiger partial charge in [0.15, 0.2) is 5.82 Å². The first-order valence-electron chi connectivity index (χ1n) is 8.96. The number of carbonyl (C=O) groups excluding carboxylic acids is 2. The summed E-state index contributed by atoms with van der Waals surface area (Å²) in [6, 6.07) is 9.22. The molecule has 136 valence electrons. The normalized spacial score (nSPS) is 21.1. The second-order valence-electron chi connectivity index (χ2n) is 7.15. The molecule has 1 saturated carbocycles. The Morgan fingerprint density at radius 2 is 2.08 bits per heavy atom. The number of β-amino-alcohol motifs (C(OH)–C–C–N with tert-alkyl or cyclic N) is 1. The zero-order valence-electron chi connectivity index (χ0n) is 14.6. The molecule has 2 unspecified atom stereocenters. The lowest BCUT2D eigenvalue weighted by Crippen LogP contribution is -2.25. The van der Waals surface area contributed by atoms with Gasteiger partial charge in [-0.05, 0) is 37.5 Å². The Hall–Kier alpha value is -2.67. The summed E-state index contributed by atoms with van der Waals surface area (Å²) in [5.41, 5.74) is 2.68. The molecule has 2 amide bonds. The van der Waals surface area contributed by atoms with E-state index in [0.717, 1.165) is 16.9 Å². The number of aromatic amines is 1. The van der Waals surface area contributed by atoms with Crippen molar-refractivity contribution < 1.29 is 14.7 Å². The van der Waals surface area contributed by atoms with Crippen molar-refractivity contribution in [2.75, 3.05) is 16.8 Å². The Morgan fingerprint density at radius 1 is 1.35 bits per heavy atom. The molecule has 26 heavy (non-hydrogen) atoms. The van der Waals surface area contributed by atoms with Gasteiger partial charge in [0, 0.05) is 23.4 Å². The third-order valence-electron chi connectivity index (χ3n) is 5.07. The van der Waals surface area contributed by atoms with E-state index in [9.17, 15) is 14.7 Å². The summed E-state index contributed by atoms with van der Waals surface area (Å²) in [6.45, 7) is 2.15. The van der Waals surface area contributed by atoms with Crippen molar-refractivity contribution in [3.8, 4) is 0 Å². The first-order valence-corrected chi connectivity index (χ1v) is 8.96. The van der Waals surface area contributed by atoms with E-state index in [1.165, 1.54) is 12.8 Å². The van der Waals surface area contributed by atoms with Crippen molar-refractivity contribution in [3.63, 3.8) is 0 Å². The van der Waals surface area contributed by atoms with Crippen LogP contribution in [0.2, 0.25) is 0 Å². The topological polar surface area (TPSA) is 98.3 Å². The highest BCUT2D eigenvalue weighted by molar-refractivity contribution is 5.97. The van der Waals surface area contributed by atoms with Gasteiger partial charge in [0.2, 0.25) is 11.8 Å². The van der Waals surface area contributed by atoms with E-state index < -0.39 is 6.10 Å². The zero-order chi connectivity index (χ0) is 18.3. The number of aromatic nitrogens is 2. The van der Waals surface area contributed by atoms with Gasteiger partial charge in [-0.15, -0.1) is 0 Å². The van der Waals surface area contributed by atoms with Gasteiger partial charge < -0.3 is 15.3 Å². The van der Waals surface area contributed by atoms with Crippen LogP contribution in [-0.2, 0) is 9.59 Å². The average molecular weight is 354 g/mol. The van der Waals surface area contributed by atoms with Crippen LogP contribution in [0.3, 0.4) is 0 Å². The van der Waals surface area contributed by atoms with Crippen molar-refractivity contribution in [2.45, 2.75) is 44.1 Å². The molecule has 2 aromatic rings.